The number of benzene rings is 2. The first-order chi connectivity index (χ1) is 10.9. The van der Waals surface area contributed by atoms with Crippen molar-refractivity contribution in [2.45, 2.75) is 0 Å². The van der Waals surface area contributed by atoms with E-state index >= 15 is 0 Å². The van der Waals surface area contributed by atoms with E-state index in [0.29, 0.717) is 0 Å². The zero-order valence-corrected chi connectivity index (χ0v) is 26.6. The Morgan fingerprint density at radius 1 is 0.440 bits per heavy atom. The van der Waals surface area contributed by atoms with Gasteiger partial charge in [-0.3, -0.25) is 0 Å². The summed E-state index contributed by atoms with van der Waals surface area (Å²) in [6.07, 6.45) is 0. The van der Waals surface area contributed by atoms with Gasteiger partial charge in [0.1, 0.15) is 0 Å². The SMILES string of the molecule is [Fe][Pd]([Fe])([Fe])([Fe])[Fe].[Fe][Pd]([Fe])([Fe])([Fe])[Fe].c1ccc(Pc2ccccc2)cc1. The molecule has 0 fully saturated rings. The van der Waals surface area contributed by atoms with E-state index in [0.717, 1.165) is 8.58 Å². The van der Waals surface area contributed by atoms with Crippen molar-refractivity contribution in [3.8, 4) is 0 Å². The molecule has 2 rings (SSSR count). The van der Waals surface area contributed by atoms with Gasteiger partial charge in [0, 0.05) is 0 Å². The van der Waals surface area contributed by atoms with Gasteiger partial charge in [0.05, 0.1) is 0 Å². The largest absolute Gasteiger partial charge is 0.0622 e. The summed E-state index contributed by atoms with van der Waals surface area (Å²) in [5.41, 5.74) is 0. The van der Waals surface area contributed by atoms with Crippen molar-refractivity contribution in [1.82, 2.24) is 0 Å². The van der Waals surface area contributed by atoms with Crippen LogP contribution in [0.1, 0.15) is 0 Å². The average molecular weight is 957 g/mol. The summed E-state index contributed by atoms with van der Waals surface area (Å²) in [6.45, 7) is 0. The molecule has 0 unspecified atom stereocenters. The third-order valence-corrected chi connectivity index (χ3v) is 3.08. The molecular formula is C12H11Fe10PPd2. The maximum atomic E-state index is 3.62. The van der Waals surface area contributed by atoms with E-state index in [1.54, 1.807) is 0 Å². The Morgan fingerprint density at radius 2 is 0.640 bits per heavy atom. The van der Waals surface area contributed by atoms with Crippen LogP contribution in [-0.2, 0) is 143 Å². The molecule has 25 heavy (non-hydrogen) atoms. The molecule has 0 atom stereocenters. The van der Waals surface area contributed by atoms with Gasteiger partial charge in [-0.15, -0.1) is 0 Å². The Bertz CT molecular complexity index is 544. The third-order valence-electron chi connectivity index (χ3n) is 1.84. The van der Waals surface area contributed by atoms with Crippen molar-refractivity contribution in [2.75, 3.05) is 0 Å². The molecule has 2 aromatic rings. The van der Waals surface area contributed by atoms with Gasteiger partial charge in [-0.25, -0.2) is 0 Å². The van der Waals surface area contributed by atoms with Crippen LogP contribution in [0.3, 0.4) is 0 Å². The van der Waals surface area contributed by atoms with Gasteiger partial charge < -0.3 is 0 Å². The molecule has 0 radical (unpaired) electrons. The van der Waals surface area contributed by atoms with E-state index in [-0.39, 0.29) is 0 Å². The van der Waals surface area contributed by atoms with Gasteiger partial charge in [-0.2, -0.15) is 0 Å². The fraction of sp³-hybridized carbons (Fsp3) is 0. The first-order valence-electron chi connectivity index (χ1n) is 5.44. The van der Waals surface area contributed by atoms with Gasteiger partial charge in [0.25, 0.3) is 0 Å². The van der Waals surface area contributed by atoms with Gasteiger partial charge in [0.2, 0.25) is 0 Å². The maximum Gasteiger partial charge on any atom is -0.0226 e. The van der Waals surface area contributed by atoms with Crippen LogP contribution in [0.4, 0.5) is 0 Å². The zero-order valence-electron chi connectivity index (χ0n) is 11.4. The minimum absolute atomic E-state index is 0.777. The number of hydrogen-bond acceptors (Lipinski definition) is 0. The predicted octanol–water partition coefficient (Wildman–Crippen LogP) is 2.29. The Kier molecular flexibility index (Phi) is 16.0. The molecule has 0 aliphatic heterocycles. The quantitative estimate of drug-likeness (QED) is 0.321. The van der Waals surface area contributed by atoms with E-state index in [4.69, 9.17) is 0 Å². The van der Waals surface area contributed by atoms with Crippen LogP contribution >= 0.6 is 8.58 Å². The van der Waals surface area contributed by atoms with Crippen LogP contribution < -0.4 is 10.6 Å². The number of hydrogen-bond donors (Lipinski definition) is 0. The average Bonchev–Trinajstić information content (AvgIpc) is 2.35. The molecule has 0 bridgehead atoms. The van der Waals surface area contributed by atoms with Crippen molar-refractivity contribution >= 4 is 19.2 Å². The normalized spacial score (nSPS) is 14.3. The summed E-state index contributed by atoms with van der Waals surface area (Å²) >= 11 is 36.2. The minimum Gasteiger partial charge on any atom is -0.0622 e. The van der Waals surface area contributed by atoms with Crippen molar-refractivity contribution in [3.63, 3.8) is 0 Å². The third kappa shape index (κ3) is 34.2. The summed E-state index contributed by atoms with van der Waals surface area (Å²) in [5, 5.41) is 2.79. The molecule has 0 amide bonds. The predicted molar refractivity (Wildman–Crippen MR) is 60.5 cm³/mol. The minimum atomic E-state index is -2.58. The summed E-state index contributed by atoms with van der Waals surface area (Å²) in [7, 11) is 0.777. The molecular weight excluding hydrogens is 946 g/mol. The second kappa shape index (κ2) is 13.2. The van der Waals surface area contributed by atoms with Gasteiger partial charge >= 0.3 is 143 Å². The van der Waals surface area contributed by atoms with E-state index in [1.165, 1.54) is 10.6 Å². The Morgan fingerprint density at radius 3 is 0.840 bits per heavy atom. The summed E-state index contributed by atoms with van der Waals surface area (Å²) in [6, 6.07) is 21.2. The van der Waals surface area contributed by atoms with Crippen LogP contribution in [-0.4, -0.2) is 0 Å². The Balaban J connectivity index is 0.000000406. The molecule has 0 saturated carbocycles. The monoisotopic (exact) mass is 957 g/mol. The van der Waals surface area contributed by atoms with E-state index in [2.05, 4.69) is 196 Å². The maximum absolute atomic E-state index is 3.62. The first kappa shape index (κ1) is 30.4. The first-order valence-corrected chi connectivity index (χ1v) is 32.6. The molecule has 0 aliphatic carbocycles. The van der Waals surface area contributed by atoms with Crippen molar-refractivity contribution < 1.29 is 143 Å². The van der Waals surface area contributed by atoms with Gasteiger partial charge in [-0.1, -0.05) is 69.2 Å². The standard InChI is InChI=1S/C12H11P.10Fe.2Pd/c1-3-7-11(8-4-1)13-12-9-5-2-6-10-12;;;;;;;;;;;;/h1-10,13H;;;;;;;;;;;;. The van der Waals surface area contributed by atoms with Crippen LogP contribution in [0.2, 0.25) is 0 Å². The zero-order chi connectivity index (χ0) is 19.8. The van der Waals surface area contributed by atoms with Crippen LogP contribution in [0.15, 0.2) is 60.7 Å². The van der Waals surface area contributed by atoms with E-state index in [9.17, 15) is 0 Å². The molecule has 0 saturated heterocycles. The molecule has 0 aliphatic rings. The van der Waals surface area contributed by atoms with Crippen molar-refractivity contribution in [2.24, 2.45) is 0 Å². The molecule has 164 valence electrons. The van der Waals surface area contributed by atoms with Crippen molar-refractivity contribution in [1.29, 1.82) is 0 Å². The molecule has 0 heterocycles. The van der Waals surface area contributed by atoms with E-state index < -0.39 is 8.27 Å². The topological polar surface area (TPSA) is 0 Å². The Labute approximate surface area is 218 Å². The molecule has 0 nitrogen and oxygen atoms in total. The molecule has 0 N–H and O–H groups in total. The van der Waals surface area contributed by atoms with Crippen molar-refractivity contribution in [3.05, 3.63) is 60.7 Å². The van der Waals surface area contributed by atoms with Gasteiger partial charge in [0.15, 0.2) is 0 Å². The second-order valence-corrected chi connectivity index (χ2v) is 83.8. The Hall–Kier alpha value is 5.39. The van der Waals surface area contributed by atoms with Crippen LogP contribution in [0, 0.1) is 0 Å². The molecule has 13 heteroatoms. The second-order valence-electron chi connectivity index (χ2n) is 3.65. The smallest absolute Gasteiger partial charge is 0.0226 e. The van der Waals surface area contributed by atoms with Crippen LogP contribution in [0.25, 0.3) is 0 Å². The van der Waals surface area contributed by atoms with Crippen LogP contribution in [0.5, 0.6) is 0 Å². The summed E-state index contributed by atoms with van der Waals surface area (Å²) in [4.78, 5) is 0. The molecule has 2 aromatic carbocycles. The molecule has 0 aromatic heterocycles. The summed E-state index contributed by atoms with van der Waals surface area (Å²) < 4.78 is -5.16. The summed E-state index contributed by atoms with van der Waals surface area (Å²) in [5.74, 6) is 0. The fourth-order valence-corrected chi connectivity index (χ4v) is 2.26. The molecule has 0 spiro atoms. The van der Waals surface area contributed by atoms with Gasteiger partial charge in [-0.05, 0) is 10.6 Å². The number of rotatable bonds is 2. The fourth-order valence-electron chi connectivity index (χ4n) is 1.21. The van der Waals surface area contributed by atoms with E-state index in [1.807, 2.05) is 0 Å².